The zero-order valence-electron chi connectivity index (χ0n) is 11.3. The number of nitrogens with zero attached hydrogens (tertiary/aromatic N) is 2. The van der Waals surface area contributed by atoms with Crippen molar-refractivity contribution in [2.45, 2.75) is 25.9 Å². The van der Waals surface area contributed by atoms with Crippen molar-refractivity contribution < 1.29 is 4.79 Å². The molecule has 0 aromatic carbocycles. The Morgan fingerprint density at radius 3 is 2.84 bits per heavy atom. The second-order valence-electron chi connectivity index (χ2n) is 4.53. The Kier molecular flexibility index (Phi) is 4.01. The summed E-state index contributed by atoms with van der Waals surface area (Å²) in [6.45, 7) is 3.91. The number of hydrogen-bond acceptors (Lipinski definition) is 4. The van der Waals surface area contributed by atoms with Crippen LogP contribution in [0.25, 0.3) is 0 Å². The summed E-state index contributed by atoms with van der Waals surface area (Å²) in [7, 11) is 1.88. The van der Waals surface area contributed by atoms with Gasteiger partial charge in [-0.15, -0.1) is 11.3 Å². The number of nitrogens with two attached hydrogens (primary N) is 1. The van der Waals surface area contributed by atoms with E-state index >= 15 is 0 Å². The highest BCUT2D eigenvalue weighted by atomic mass is 32.1. The van der Waals surface area contributed by atoms with Crippen molar-refractivity contribution in [3.8, 4) is 0 Å². The van der Waals surface area contributed by atoms with Gasteiger partial charge in [0.1, 0.15) is 6.04 Å². The third-order valence-corrected chi connectivity index (χ3v) is 4.19. The molecule has 3 N–H and O–H groups in total. The molecule has 6 heteroatoms. The zero-order valence-corrected chi connectivity index (χ0v) is 12.1. The van der Waals surface area contributed by atoms with E-state index in [1.54, 1.807) is 10.9 Å². The molecular weight excluding hydrogens is 260 g/mol. The summed E-state index contributed by atoms with van der Waals surface area (Å²) < 4.78 is 1.79. The molecule has 0 saturated heterocycles. The first kappa shape index (κ1) is 13.8. The Morgan fingerprint density at radius 2 is 2.32 bits per heavy atom. The number of thiophene rings is 1. The fourth-order valence-electron chi connectivity index (χ4n) is 1.92. The zero-order chi connectivity index (χ0) is 14.0. The van der Waals surface area contributed by atoms with Gasteiger partial charge in [0.15, 0.2) is 0 Å². The topological polar surface area (TPSA) is 72.9 Å². The van der Waals surface area contributed by atoms with Crippen LogP contribution in [0.3, 0.4) is 0 Å². The number of nitrogens with one attached hydrogen (secondary N) is 1. The van der Waals surface area contributed by atoms with E-state index in [0.717, 1.165) is 16.1 Å². The van der Waals surface area contributed by atoms with Gasteiger partial charge in [-0.05, 0) is 25.3 Å². The fraction of sp³-hybridized carbons (Fsp3) is 0.385. The molecule has 102 valence electrons. The van der Waals surface area contributed by atoms with E-state index < -0.39 is 6.04 Å². The third-order valence-electron chi connectivity index (χ3n) is 3.23. The Morgan fingerprint density at radius 1 is 1.58 bits per heavy atom. The summed E-state index contributed by atoms with van der Waals surface area (Å²) in [5.41, 5.74) is 7.98. The lowest BCUT2D eigenvalue weighted by atomic mass is 10.1. The maximum atomic E-state index is 12.1. The van der Waals surface area contributed by atoms with Crippen molar-refractivity contribution >= 4 is 17.2 Å². The van der Waals surface area contributed by atoms with Crippen LogP contribution in [-0.4, -0.2) is 15.7 Å². The highest BCUT2D eigenvalue weighted by Crippen LogP contribution is 2.20. The van der Waals surface area contributed by atoms with Gasteiger partial charge in [0, 0.05) is 23.2 Å². The smallest absolute Gasteiger partial charge is 0.242 e. The van der Waals surface area contributed by atoms with Crippen LogP contribution < -0.4 is 11.1 Å². The van der Waals surface area contributed by atoms with Crippen molar-refractivity contribution in [3.63, 3.8) is 0 Å². The van der Waals surface area contributed by atoms with Gasteiger partial charge >= 0.3 is 0 Å². The number of amides is 1. The molecule has 19 heavy (non-hydrogen) atoms. The van der Waals surface area contributed by atoms with E-state index in [1.807, 2.05) is 38.4 Å². The largest absolute Gasteiger partial charge is 0.348 e. The molecule has 2 aromatic rings. The van der Waals surface area contributed by atoms with Crippen molar-refractivity contribution in [2.24, 2.45) is 12.8 Å². The maximum Gasteiger partial charge on any atom is 0.242 e. The van der Waals surface area contributed by atoms with Crippen LogP contribution in [0, 0.1) is 6.92 Å². The molecule has 2 heterocycles. The Balaban J connectivity index is 2.05. The highest BCUT2D eigenvalue weighted by Gasteiger charge is 2.20. The number of carbonyl (C=O) groups excluding carboxylic acids is 1. The minimum Gasteiger partial charge on any atom is -0.348 e. The van der Waals surface area contributed by atoms with E-state index in [4.69, 9.17) is 5.73 Å². The third kappa shape index (κ3) is 2.85. The Bertz CT molecular complexity index is 561. The van der Waals surface area contributed by atoms with E-state index in [-0.39, 0.29) is 11.9 Å². The minimum atomic E-state index is -0.612. The predicted molar refractivity (Wildman–Crippen MR) is 75.8 cm³/mol. The summed E-state index contributed by atoms with van der Waals surface area (Å²) in [6.07, 6.45) is 1.77. The number of hydrogen-bond donors (Lipinski definition) is 2. The summed E-state index contributed by atoms with van der Waals surface area (Å²) in [5.74, 6) is -0.168. The van der Waals surface area contributed by atoms with Gasteiger partial charge in [0.2, 0.25) is 5.91 Å². The van der Waals surface area contributed by atoms with Gasteiger partial charge in [-0.3, -0.25) is 9.48 Å². The van der Waals surface area contributed by atoms with Gasteiger partial charge < -0.3 is 11.1 Å². The average Bonchev–Trinajstić information content (AvgIpc) is 3.00. The molecule has 2 atom stereocenters. The van der Waals surface area contributed by atoms with Crippen molar-refractivity contribution in [1.82, 2.24) is 15.1 Å². The summed E-state index contributed by atoms with van der Waals surface area (Å²) in [6, 6.07) is 3.04. The van der Waals surface area contributed by atoms with Gasteiger partial charge in [-0.25, -0.2) is 0 Å². The molecule has 0 bridgehead atoms. The van der Waals surface area contributed by atoms with Crippen LogP contribution in [0.2, 0.25) is 0 Å². The summed E-state index contributed by atoms with van der Waals surface area (Å²) >= 11 is 1.49. The molecule has 0 aliphatic rings. The van der Waals surface area contributed by atoms with Crippen LogP contribution in [0.5, 0.6) is 0 Å². The summed E-state index contributed by atoms with van der Waals surface area (Å²) in [4.78, 5) is 13.0. The predicted octanol–water partition coefficient (Wildman–Crippen LogP) is 1.67. The highest BCUT2D eigenvalue weighted by molar-refractivity contribution is 7.10. The van der Waals surface area contributed by atoms with Crippen LogP contribution >= 0.6 is 11.3 Å². The van der Waals surface area contributed by atoms with Crippen molar-refractivity contribution in [3.05, 3.63) is 39.8 Å². The second kappa shape index (κ2) is 5.54. The quantitative estimate of drug-likeness (QED) is 0.893. The average molecular weight is 278 g/mol. The molecule has 2 unspecified atom stereocenters. The summed E-state index contributed by atoms with van der Waals surface area (Å²) in [5, 5.41) is 9.02. The lowest BCUT2D eigenvalue weighted by Crippen LogP contribution is -2.35. The standard InChI is InChI=1S/C13H18N4OS/c1-8(10-7-15-17(3)9(10)2)16-13(18)12(14)11-5-4-6-19-11/h4-8,12H,14H2,1-3H3,(H,16,18). The van der Waals surface area contributed by atoms with Crippen LogP contribution in [0.4, 0.5) is 0 Å². The van der Waals surface area contributed by atoms with Crippen LogP contribution in [0.15, 0.2) is 23.7 Å². The Hall–Kier alpha value is -1.66. The molecule has 1 amide bonds. The molecule has 0 radical (unpaired) electrons. The molecule has 0 aliphatic heterocycles. The monoisotopic (exact) mass is 278 g/mol. The molecule has 0 spiro atoms. The van der Waals surface area contributed by atoms with Gasteiger partial charge in [-0.2, -0.15) is 5.10 Å². The number of aromatic nitrogens is 2. The van der Waals surface area contributed by atoms with Gasteiger partial charge in [0.25, 0.3) is 0 Å². The minimum absolute atomic E-state index is 0.104. The number of rotatable bonds is 4. The van der Waals surface area contributed by atoms with E-state index in [2.05, 4.69) is 10.4 Å². The van der Waals surface area contributed by atoms with Crippen LogP contribution in [-0.2, 0) is 11.8 Å². The second-order valence-corrected chi connectivity index (χ2v) is 5.51. The molecule has 5 nitrogen and oxygen atoms in total. The SMILES string of the molecule is Cc1c(C(C)NC(=O)C(N)c2cccs2)cnn1C. The first-order chi connectivity index (χ1) is 9.00. The van der Waals surface area contributed by atoms with Crippen molar-refractivity contribution in [1.29, 1.82) is 0 Å². The van der Waals surface area contributed by atoms with Gasteiger partial charge in [-0.1, -0.05) is 6.07 Å². The number of carbonyl (C=O) groups is 1. The molecule has 0 aliphatic carbocycles. The maximum absolute atomic E-state index is 12.1. The fourth-order valence-corrected chi connectivity index (χ4v) is 2.64. The van der Waals surface area contributed by atoms with Gasteiger partial charge in [0.05, 0.1) is 12.2 Å². The molecule has 0 saturated carbocycles. The molecule has 2 aromatic heterocycles. The molecule has 0 fully saturated rings. The lowest BCUT2D eigenvalue weighted by molar-refractivity contribution is -0.123. The first-order valence-electron chi connectivity index (χ1n) is 6.08. The van der Waals surface area contributed by atoms with Crippen molar-refractivity contribution in [2.75, 3.05) is 0 Å². The molecule has 2 rings (SSSR count). The first-order valence-corrected chi connectivity index (χ1v) is 6.96. The number of aryl methyl sites for hydroxylation is 1. The normalized spacial score (nSPS) is 14.1. The van der Waals surface area contributed by atoms with Crippen LogP contribution in [0.1, 0.15) is 35.1 Å². The van der Waals surface area contributed by atoms with E-state index in [0.29, 0.717) is 0 Å². The Labute approximate surface area is 116 Å². The van der Waals surface area contributed by atoms with E-state index in [1.165, 1.54) is 11.3 Å². The van der Waals surface area contributed by atoms with E-state index in [9.17, 15) is 4.79 Å². The lowest BCUT2D eigenvalue weighted by Gasteiger charge is -2.16. The molecular formula is C13H18N4OS.